The molecule has 0 bridgehead atoms. The van der Waals surface area contributed by atoms with E-state index < -0.39 is 0 Å². The van der Waals surface area contributed by atoms with Gasteiger partial charge >= 0.3 is 133 Å². The Morgan fingerprint density at radius 1 is 1.10 bits per heavy atom. The molecule has 2 aromatic carbocycles. The van der Waals surface area contributed by atoms with Crippen molar-refractivity contribution < 1.29 is 4.79 Å². The van der Waals surface area contributed by atoms with Crippen LogP contribution < -0.4 is 4.46 Å². The summed E-state index contributed by atoms with van der Waals surface area (Å²) in [4.78, 5) is 12.6. The number of ketones is 1. The predicted octanol–water partition coefficient (Wildman–Crippen LogP) is 3.43. The first-order valence-electron chi connectivity index (χ1n) is 7.49. The number of carbonyl (C=O) groups excluding carboxylic acids is 1. The van der Waals surface area contributed by atoms with Gasteiger partial charge in [0.2, 0.25) is 0 Å². The first-order chi connectivity index (χ1) is 10.2. The van der Waals surface area contributed by atoms with Crippen molar-refractivity contribution in [1.82, 2.24) is 0 Å². The van der Waals surface area contributed by atoms with Gasteiger partial charge in [-0.25, -0.2) is 0 Å². The quantitative estimate of drug-likeness (QED) is 0.778. The van der Waals surface area contributed by atoms with Crippen molar-refractivity contribution >= 4 is 25.2 Å². The van der Waals surface area contributed by atoms with Gasteiger partial charge in [0.25, 0.3) is 0 Å². The molecule has 0 amide bonds. The molecule has 1 fully saturated rings. The molecular formula is C19H20OSe. The molecule has 1 unspecified atom stereocenters. The van der Waals surface area contributed by atoms with E-state index in [-0.39, 0.29) is 5.41 Å². The fourth-order valence-electron chi connectivity index (χ4n) is 3.14. The molecule has 1 aliphatic carbocycles. The molecule has 21 heavy (non-hydrogen) atoms. The van der Waals surface area contributed by atoms with Gasteiger partial charge in [0, 0.05) is 0 Å². The minimum absolute atomic E-state index is 0.220. The molecule has 1 saturated carbocycles. The Morgan fingerprint density at radius 2 is 1.90 bits per heavy atom. The fraction of sp³-hybridized carbons (Fsp3) is 0.316. The molecule has 1 atom stereocenters. The molecule has 0 aliphatic heterocycles. The first kappa shape index (κ1) is 14.6. The van der Waals surface area contributed by atoms with Gasteiger partial charge in [-0.3, -0.25) is 0 Å². The van der Waals surface area contributed by atoms with E-state index in [2.05, 4.69) is 61.5 Å². The van der Waals surface area contributed by atoms with Crippen LogP contribution in [0.5, 0.6) is 0 Å². The molecule has 3 rings (SSSR count). The Labute approximate surface area is 132 Å². The summed E-state index contributed by atoms with van der Waals surface area (Å²) >= 11 is 0.352. The molecule has 1 aliphatic rings. The van der Waals surface area contributed by atoms with Gasteiger partial charge < -0.3 is 0 Å². The summed E-state index contributed by atoms with van der Waals surface area (Å²) in [5.41, 5.74) is 2.27. The molecule has 0 heterocycles. The molecule has 0 saturated heterocycles. The van der Waals surface area contributed by atoms with Crippen LogP contribution in [-0.2, 0) is 10.2 Å². The van der Waals surface area contributed by atoms with Crippen LogP contribution in [0.15, 0.2) is 54.6 Å². The number of Topliss-reactive ketones (excluding diaryl/α,β-unsaturated/α-hetero) is 1. The van der Waals surface area contributed by atoms with Gasteiger partial charge in [0.1, 0.15) is 0 Å². The number of carbonyl (C=O) groups is 1. The van der Waals surface area contributed by atoms with Crippen molar-refractivity contribution in [3.8, 4) is 0 Å². The van der Waals surface area contributed by atoms with Crippen molar-refractivity contribution in [2.24, 2.45) is 0 Å². The third kappa shape index (κ3) is 2.97. The van der Waals surface area contributed by atoms with E-state index in [1.807, 2.05) is 0 Å². The Hall–Kier alpha value is -1.37. The molecular weight excluding hydrogens is 323 g/mol. The topological polar surface area (TPSA) is 17.1 Å². The van der Waals surface area contributed by atoms with E-state index in [4.69, 9.17) is 0 Å². The number of benzene rings is 2. The molecule has 2 heteroatoms. The first-order valence-corrected chi connectivity index (χ1v) is 9.56. The normalized spacial score (nSPS) is 21.7. The number of hydrogen-bond acceptors (Lipinski definition) is 1. The molecule has 0 spiro atoms. The van der Waals surface area contributed by atoms with Gasteiger partial charge in [0.05, 0.1) is 0 Å². The maximum absolute atomic E-state index is 12.6. The average molecular weight is 343 g/mol. The van der Waals surface area contributed by atoms with Crippen molar-refractivity contribution in [2.45, 2.75) is 36.9 Å². The maximum atomic E-state index is 12.6. The number of aryl methyl sites for hydroxylation is 1. The minimum atomic E-state index is -0.220. The standard InChI is InChI=1S/C19H20OSe/c1-15-7-5-8-16(13-15)19(12-6-11-18(19)20)14-21-17-9-3-2-4-10-17/h2-5,7-10,13H,6,11-12,14H2,1H3. The van der Waals surface area contributed by atoms with Gasteiger partial charge in [-0.15, -0.1) is 0 Å². The Morgan fingerprint density at radius 3 is 2.57 bits per heavy atom. The zero-order valence-corrected chi connectivity index (χ0v) is 14.1. The second-order valence-electron chi connectivity index (χ2n) is 5.83. The van der Waals surface area contributed by atoms with Crippen molar-refractivity contribution in [3.05, 3.63) is 65.7 Å². The Kier molecular flexibility index (Phi) is 4.28. The molecule has 108 valence electrons. The van der Waals surface area contributed by atoms with Crippen molar-refractivity contribution in [1.29, 1.82) is 0 Å². The zero-order valence-electron chi connectivity index (χ0n) is 12.3. The molecule has 0 radical (unpaired) electrons. The molecule has 2 aromatic rings. The SMILES string of the molecule is Cc1cccc(C2(C[Se]c3ccccc3)CCCC2=O)c1. The molecule has 0 aromatic heterocycles. The van der Waals surface area contributed by atoms with Gasteiger partial charge in [-0.05, 0) is 0 Å². The van der Waals surface area contributed by atoms with Crippen LogP contribution in [0.25, 0.3) is 0 Å². The van der Waals surface area contributed by atoms with Crippen LogP contribution in [-0.4, -0.2) is 20.7 Å². The van der Waals surface area contributed by atoms with Crippen molar-refractivity contribution in [2.75, 3.05) is 0 Å². The van der Waals surface area contributed by atoms with Crippen LogP contribution in [0.3, 0.4) is 0 Å². The average Bonchev–Trinajstić information content (AvgIpc) is 2.88. The zero-order chi connectivity index (χ0) is 14.7. The summed E-state index contributed by atoms with van der Waals surface area (Å²) < 4.78 is 1.39. The monoisotopic (exact) mass is 344 g/mol. The van der Waals surface area contributed by atoms with Gasteiger partial charge in [-0.1, -0.05) is 0 Å². The predicted molar refractivity (Wildman–Crippen MR) is 88.4 cm³/mol. The molecule has 0 N–H and O–H groups in total. The van der Waals surface area contributed by atoms with E-state index in [0.29, 0.717) is 20.7 Å². The van der Waals surface area contributed by atoms with Crippen LogP contribution >= 0.6 is 0 Å². The van der Waals surface area contributed by atoms with Crippen LogP contribution in [0.2, 0.25) is 5.32 Å². The van der Waals surface area contributed by atoms with Crippen LogP contribution in [0.4, 0.5) is 0 Å². The Bertz CT molecular complexity index is 635. The molecule has 1 nitrogen and oxygen atoms in total. The Balaban J connectivity index is 1.89. The summed E-state index contributed by atoms with van der Waals surface area (Å²) in [5.74, 6) is 0.450. The fourth-order valence-corrected chi connectivity index (χ4v) is 5.73. The van der Waals surface area contributed by atoms with Gasteiger partial charge in [0.15, 0.2) is 0 Å². The second kappa shape index (κ2) is 6.17. The summed E-state index contributed by atoms with van der Waals surface area (Å²) in [6, 6.07) is 19.2. The van der Waals surface area contributed by atoms with E-state index in [1.165, 1.54) is 15.6 Å². The van der Waals surface area contributed by atoms with Crippen LogP contribution in [0.1, 0.15) is 30.4 Å². The summed E-state index contributed by atoms with van der Waals surface area (Å²) in [6.45, 7) is 2.11. The third-order valence-electron chi connectivity index (χ3n) is 4.34. The van der Waals surface area contributed by atoms with E-state index in [0.717, 1.165) is 24.6 Å². The number of hydrogen-bond donors (Lipinski definition) is 0. The van der Waals surface area contributed by atoms with E-state index in [1.54, 1.807) is 0 Å². The summed E-state index contributed by atoms with van der Waals surface area (Å²) in [6.07, 6.45) is 2.81. The second-order valence-corrected chi connectivity index (χ2v) is 8.03. The summed E-state index contributed by atoms with van der Waals surface area (Å²) in [7, 11) is 0. The summed E-state index contributed by atoms with van der Waals surface area (Å²) in [5, 5.41) is 0.992. The van der Waals surface area contributed by atoms with Crippen molar-refractivity contribution in [3.63, 3.8) is 0 Å². The number of rotatable bonds is 4. The van der Waals surface area contributed by atoms with Gasteiger partial charge in [-0.2, -0.15) is 0 Å². The van der Waals surface area contributed by atoms with E-state index in [9.17, 15) is 4.79 Å². The van der Waals surface area contributed by atoms with E-state index >= 15 is 0 Å². The third-order valence-corrected chi connectivity index (χ3v) is 6.95. The van der Waals surface area contributed by atoms with Crippen LogP contribution in [0, 0.1) is 6.92 Å².